The molecule has 6 nitrogen and oxygen atoms in total. The fourth-order valence-corrected chi connectivity index (χ4v) is 2.91. The van der Waals surface area contributed by atoms with Gasteiger partial charge in [-0.25, -0.2) is 0 Å². The van der Waals surface area contributed by atoms with Crippen LogP contribution in [0.4, 0.5) is 0 Å². The Hall–Kier alpha value is -2.28. The van der Waals surface area contributed by atoms with E-state index in [9.17, 15) is 4.79 Å². The van der Waals surface area contributed by atoms with E-state index in [1.807, 2.05) is 44.2 Å². The van der Waals surface area contributed by atoms with E-state index < -0.39 is 0 Å². The maximum absolute atomic E-state index is 12.0. The van der Waals surface area contributed by atoms with Crippen molar-refractivity contribution in [3.05, 3.63) is 30.3 Å². The molecule has 0 aliphatic heterocycles. The van der Waals surface area contributed by atoms with Gasteiger partial charge in [0.2, 0.25) is 5.91 Å². The van der Waals surface area contributed by atoms with Gasteiger partial charge in [-0.05, 0) is 26.0 Å². The topological polar surface area (TPSA) is 72.4 Å². The molecule has 23 heavy (non-hydrogen) atoms. The van der Waals surface area contributed by atoms with Crippen LogP contribution < -0.4 is 0 Å². The second-order valence-corrected chi connectivity index (χ2v) is 5.80. The van der Waals surface area contributed by atoms with Crippen molar-refractivity contribution in [1.82, 2.24) is 15.1 Å². The summed E-state index contributed by atoms with van der Waals surface area (Å²) in [6, 6.07) is 9.54. The summed E-state index contributed by atoms with van der Waals surface area (Å²) >= 11 is 1.24. The molecular weight excluding hydrogens is 314 g/mol. The van der Waals surface area contributed by atoms with Crippen LogP contribution in [0, 0.1) is 0 Å². The van der Waals surface area contributed by atoms with Crippen LogP contribution in [0.25, 0.3) is 22.6 Å². The van der Waals surface area contributed by atoms with Crippen molar-refractivity contribution in [2.45, 2.75) is 19.1 Å². The number of nitrogens with zero attached hydrogens (tertiary/aromatic N) is 3. The van der Waals surface area contributed by atoms with Crippen molar-refractivity contribution in [2.24, 2.45) is 0 Å². The first-order valence-corrected chi connectivity index (χ1v) is 8.42. The summed E-state index contributed by atoms with van der Waals surface area (Å²) in [5.41, 5.74) is 0.770. The lowest BCUT2D eigenvalue weighted by Gasteiger charge is -2.17. The van der Waals surface area contributed by atoms with Crippen LogP contribution in [-0.2, 0) is 4.79 Å². The minimum absolute atomic E-state index is 0.0588. The minimum atomic E-state index is 0.0588. The number of aromatic nitrogens is 2. The Labute approximate surface area is 137 Å². The smallest absolute Gasteiger partial charge is 0.284 e. The van der Waals surface area contributed by atoms with E-state index in [1.54, 1.807) is 4.90 Å². The van der Waals surface area contributed by atoms with Crippen molar-refractivity contribution in [3.8, 4) is 11.7 Å². The summed E-state index contributed by atoms with van der Waals surface area (Å²) < 4.78 is 11.3. The molecule has 0 unspecified atom stereocenters. The summed E-state index contributed by atoms with van der Waals surface area (Å²) in [6.07, 6.45) is 0. The van der Waals surface area contributed by atoms with Gasteiger partial charge in [0.15, 0.2) is 5.76 Å². The lowest BCUT2D eigenvalue weighted by atomic mass is 10.2. The number of rotatable bonds is 6. The van der Waals surface area contributed by atoms with Crippen LogP contribution in [0.15, 0.2) is 44.4 Å². The predicted octanol–water partition coefficient (Wildman–Crippen LogP) is 3.44. The molecule has 0 atom stereocenters. The van der Waals surface area contributed by atoms with Crippen molar-refractivity contribution in [3.63, 3.8) is 0 Å². The van der Waals surface area contributed by atoms with Gasteiger partial charge in [-0.2, -0.15) is 0 Å². The molecule has 3 aromatic rings. The van der Waals surface area contributed by atoms with E-state index in [1.165, 1.54) is 11.8 Å². The highest BCUT2D eigenvalue weighted by molar-refractivity contribution is 7.99. The van der Waals surface area contributed by atoms with Crippen LogP contribution in [0.3, 0.4) is 0 Å². The quantitative estimate of drug-likeness (QED) is 0.644. The van der Waals surface area contributed by atoms with E-state index >= 15 is 0 Å². The second-order valence-electron chi connectivity index (χ2n) is 4.88. The van der Waals surface area contributed by atoms with Gasteiger partial charge in [0, 0.05) is 18.5 Å². The number of para-hydroxylation sites is 1. The molecule has 0 aliphatic rings. The molecular formula is C16H17N3O3S. The Morgan fingerprint density at radius 3 is 2.70 bits per heavy atom. The first-order chi connectivity index (χ1) is 11.2. The number of carbonyl (C=O) groups is 1. The zero-order valence-corrected chi connectivity index (χ0v) is 13.8. The highest BCUT2D eigenvalue weighted by Gasteiger charge is 2.16. The number of fused-ring (bicyclic) bond motifs is 1. The van der Waals surface area contributed by atoms with Gasteiger partial charge in [0.1, 0.15) is 5.58 Å². The molecule has 2 heterocycles. The van der Waals surface area contributed by atoms with E-state index in [4.69, 9.17) is 8.83 Å². The molecule has 0 saturated heterocycles. The normalized spacial score (nSPS) is 11.0. The van der Waals surface area contributed by atoms with Gasteiger partial charge in [-0.15, -0.1) is 10.2 Å². The molecule has 0 radical (unpaired) electrons. The Bertz CT molecular complexity index is 775. The van der Waals surface area contributed by atoms with Crippen LogP contribution in [0.1, 0.15) is 13.8 Å². The summed E-state index contributed by atoms with van der Waals surface area (Å²) in [4.78, 5) is 13.7. The number of amides is 1. The molecule has 0 N–H and O–H groups in total. The third-order valence-corrected chi connectivity index (χ3v) is 4.28. The van der Waals surface area contributed by atoms with Crippen LogP contribution in [-0.4, -0.2) is 39.8 Å². The van der Waals surface area contributed by atoms with E-state index in [2.05, 4.69) is 10.2 Å². The lowest BCUT2D eigenvalue weighted by Crippen LogP contribution is -2.31. The lowest BCUT2D eigenvalue weighted by molar-refractivity contribution is -0.127. The molecule has 0 fully saturated rings. The van der Waals surface area contributed by atoms with Crippen LogP contribution in [0.5, 0.6) is 0 Å². The van der Waals surface area contributed by atoms with Gasteiger partial charge in [0.25, 0.3) is 11.1 Å². The first-order valence-electron chi connectivity index (χ1n) is 7.44. The molecule has 3 rings (SSSR count). The van der Waals surface area contributed by atoms with Gasteiger partial charge >= 0.3 is 0 Å². The largest absolute Gasteiger partial charge is 0.451 e. The number of furan rings is 1. The number of thioether (sulfide) groups is 1. The van der Waals surface area contributed by atoms with Crippen molar-refractivity contribution in [2.75, 3.05) is 18.8 Å². The summed E-state index contributed by atoms with van der Waals surface area (Å²) in [7, 11) is 0. The molecule has 0 saturated carbocycles. The Morgan fingerprint density at radius 1 is 1.17 bits per heavy atom. The number of hydrogen-bond acceptors (Lipinski definition) is 6. The number of hydrogen-bond donors (Lipinski definition) is 0. The fraction of sp³-hybridized carbons (Fsp3) is 0.312. The van der Waals surface area contributed by atoms with Gasteiger partial charge in [0.05, 0.1) is 5.75 Å². The van der Waals surface area contributed by atoms with Crippen molar-refractivity contribution < 1.29 is 13.6 Å². The van der Waals surface area contributed by atoms with Crippen molar-refractivity contribution >= 4 is 28.6 Å². The second kappa shape index (κ2) is 6.87. The zero-order valence-electron chi connectivity index (χ0n) is 13.0. The van der Waals surface area contributed by atoms with Gasteiger partial charge in [-0.1, -0.05) is 30.0 Å². The van der Waals surface area contributed by atoms with Gasteiger partial charge in [-0.3, -0.25) is 4.79 Å². The summed E-state index contributed by atoms with van der Waals surface area (Å²) in [6.45, 7) is 5.31. The Kier molecular flexibility index (Phi) is 4.66. The average Bonchev–Trinajstić information content (AvgIpc) is 3.20. The first kappa shape index (κ1) is 15.6. The van der Waals surface area contributed by atoms with Gasteiger partial charge < -0.3 is 13.7 Å². The monoisotopic (exact) mass is 331 g/mol. The summed E-state index contributed by atoms with van der Waals surface area (Å²) in [5.74, 6) is 1.19. The average molecular weight is 331 g/mol. The Morgan fingerprint density at radius 2 is 1.96 bits per heavy atom. The third-order valence-electron chi connectivity index (χ3n) is 3.48. The number of carbonyl (C=O) groups excluding carboxylic acids is 1. The molecule has 120 valence electrons. The third kappa shape index (κ3) is 3.39. The standard InChI is InChI=1S/C16H17N3O3S/c1-3-19(4-2)14(20)10-23-16-18-17-15(22-16)13-9-11-7-5-6-8-12(11)21-13/h5-9H,3-4,10H2,1-2H3. The van der Waals surface area contributed by atoms with Crippen LogP contribution >= 0.6 is 11.8 Å². The maximum Gasteiger partial charge on any atom is 0.284 e. The SMILES string of the molecule is CCN(CC)C(=O)CSc1nnc(-c2cc3ccccc3o2)o1. The predicted molar refractivity (Wildman–Crippen MR) is 88.2 cm³/mol. The highest BCUT2D eigenvalue weighted by Crippen LogP contribution is 2.28. The highest BCUT2D eigenvalue weighted by atomic mass is 32.2. The van der Waals surface area contributed by atoms with E-state index in [0.29, 0.717) is 30.0 Å². The fourth-order valence-electron chi connectivity index (χ4n) is 2.25. The molecule has 2 aromatic heterocycles. The van der Waals surface area contributed by atoms with E-state index in [-0.39, 0.29) is 11.7 Å². The number of benzene rings is 1. The molecule has 1 amide bonds. The molecule has 0 bridgehead atoms. The molecule has 0 spiro atoms. The van der Waals surface area contributed by atoms with Crippen molar-refractivity contribution in [1.29, 1.82) is 0 Å². The zero-order chi connectivity index (χ0) is 16.2. The molecule has 7 heteroatoms. The maximum atomic E-state index is 12.0. The summed E-state index contributed by atoms with van der Waals surface area (Å²) in [5, 5.41) is 9.29. The van der Waals surface area contributed by atoms with Crippen LogP contribution in [0.2, 0.25) is 0 Å². The molecule has 1 aromatic carbocycles. The van der Waals surface area contributed by atoms with E-state index in [0.717, 1.165) is 11.0 Å². The Balaban J connectivity index is 1.69. The molecule has 0 aliphatic carbocycles. The minimum Gasteiger partial charge on any atom is -0.451 e.